The first-order chi connectivity index (χ1) is 12.1. The molecule has 0 aliphatic heterocycles. The Morgan fingerprint density at radius 1 is 1.23 bits per heavy atom. The summed E-state index contributed by atoms with van der Waals surface area (Å²) >= 11 is 6.06. The van der Waals surface area contributed by atoms with Gasteiger partial charge in [-0.15, -0.1) is 0 Å². The monoisotopic (exact) mass is 402 g/mol. The van der Waals surface area contributed by atoms with Crippen molar-refractivity contribution in [1.29, 1.82) is 0 Å². The van der Waals surface area contributed by atoms with Crippen molar-refractivity contribution >= 4 is 27.6 Å². The van der Waals surface area contributed by atoms with Gasteiger partial charge in [-0.2, -0.15) is 0 Å². The molecule has 0 amide bonds. The summed E-state index contributed by atoms with van der Waals surface area (Å²) < 4.78 is 24.6. The number of benzene rings is 1. The highest BCUT2D eigenvalue weighted by Crippen LogP contribution is 2.23. The molecule has 0 atom stereocenters. The van der Waals surface area contributed by atoms with Crippen LogP contribution in [0.5, 0.6) is 0 Å². The Balaban J connectivity index is 2.52. The summed E-state index contributed by atoms with van der Waals surface area (Å²) in [6.45, 7) is 8.85. The maximum absolute atomic E-state index is 11.0. The van der Waals surface area contributed by atoms with E-state index in [9.17, 15) is 8.42 Å². The molecule has 0 fully saturated rings. The SMILES string of the molecule is CCNC(=NCC(C)(C)Cc1cccc(Cl)c1)NCCCNS(C)(=O)=O. The molecule has 0 aliphatic rings. The minimum absolute atomic E-state index is 0.00905. The van der Waals surface area contributed by atoms with Gasteiger partial charge < -0.3 is 10.6 Å². The van der Waals surface area contributed by atoms with Crippen LogP contribution in [0.3, 0.4) is 0 Å². The fourth-order valence-electron chi connectivity index (χ4n) is 2.44. The minimum Gasteiger partial charge on any atom is -0.357 e. The zero-order valence-corrected chi connectivity index (χ0v) is 17.7. The van der Waals surface area contributed by atoms with Crippen LogP contribution in [0.25, 0.3) is 0 Å². The number of aliphatic imine (C=N–C) groups is 1. The number of nitrogens with zero attached hydrogens (tertiary/aromatic N) is 1. The van der Waals surface area contributed by atoms with E-state index < -0.39 is 10.0 Å². The molecular weight excluding hydrogens is 372 g/mol. The summed E-state index contributed by atoms with van der Waals surface area (Å²) in [7, 11) is -3.13. The third-order valence-corrected chi connectivity index (χ3v) is 4.55. The van der Waals surface area contributed by atoms with Gasteiger partial charge in [-0.1, -0.05) is 37.6 Å². The van der Waals surface area contributed by atoms with Crippen LogP contribution in [-0.4, -0.2) is 46.8 Å². The van der Waals surface area contributed by atoms with E-state index in [1.807, 2.05) is 25.1 Å². The molecule has 0 heterocycles. The van der Waals surface area contributed by atoms with Gasteiger partial charge in [0.15, 0.2) is 5.96 Å². The summed E-state index contributed by atoms with van der Waals surface area (Å²) in [5.41, 5.74) is 1.19. The highest BCUT2D eigenvalue weighted by molar-refractivity contribution is 7.88. The Morgan fingerprint density at radius 2 is 1.96 bits per heavy atom. The predicted molar refractivity (Wildman–Crippen MR) is 110 cm³/mol. The Hall–Kier alpha value is -1.31. The summed E-state index contributed by atoms with van der Waals surface area (Å²) in [5, 5.41) is 7.20. The van der Waals surface area contributed by atoms with E-state index in [4.69, 9.17) is 11.6 Å². The average molecular weight is 403 g/mol. The van der Waals surface area contributed by atoms with E-state index in [2.05, 4.69) is 40.3 Å². The molecule has 0 unspecified atom stereocenters. The van der Waals surface area contributed by atoms with Crippen LogP contribution in [0.2, 0.25) is 5.02 Å². The molecule has 1 aromatic carbocycles. The second-order valence-corrected chi connectivity index (χ2v) is 9.38. The normalized spacial score (nSPS) is 12.9. The Kier molecular flexibility index (Phi) is 9.39. The van der Waals surface area contributed by atoms with Crippen LogP contribution in [0.4, 0.5) is 0 Å². The maximum Gasteiger partial charge on any atom is 0.208 e. The summed E-state index contributed by atoms with van der Waals surface area (Å²) in [4.78, 5) is 4.67. The smallest absolute Gasteiger partial charge is 0.208 e. The summed E-state index contributed by atoms with van der Waals surface area (Å²) in [5.74, 6) is 0.742. The lowest BCUT2D eigenvalue weighted by molar-refractivity contribution is 0.377. The fraction of sp³-hybridized carbons (Fsp3) is 0.611. The van der Waals surface area contributed by atoms with Gasteiger partial charge in [-0.3, -0.25) is 4.99 Å². The highest BCUT2D eigenvalue weighted by atomic mass is 35.5. The summed E-state index contributed by atoms with van der Waals surface area (Å²) in [6, 6.07) is 7.91. The topological polar surface area (TPSA) is 82.6 Å². The van der Waals surface area contributed by atoms with Crippen LogP contribution in [0.15, 0.2) is 29.3 Å². The van der Waals surface area contributed by atoms with Crippen LogP contribution in [-0.2, 0) is 16.4 Å². The van der Waals surface area contributed by atoms with E-state index in [0.29, 0.717) is 26.1 Å². The lowest BCUT2D eigenvalue weighted by atomic mass is 9.86. The molecule has 0 bridgehead atoms. The van der Waals surface area contributed by atoms with Crippen molar-refractivity contribution in [2.24, 2.45) is 10.4 Å². The predicted octanol–water partition coefficient (Wildman–Crippen LogP) is 2.40. The van der Waals surface area contributed by atoms with Gasteiger partial charge >= 0.3 is 0 Å². The minimum atomic E-state index is -3.13. The maximum atomic E-state index is 11.0. The fourth-order valence-corrected chi connectivity index (χ4v) is 3.17. The van der Waals surface area contributed by atoms with E-state index in [0.717, 1.165) is 30.2 Å². The molecule has 6 nitrogen and oxygen atoms in total. The third-order valence-electron chi connectivity index (χ3n) is 3.59. The molecule has 0 spiro atoms. The first-order valence-corrected chi connectivity index (χ1v) is 11.1. The Morgan fingerprint density at radius 3 is 2.58 bits per heavy atom. The Bertz CT molecular complexity index is 690. The van der Waals surface area contributed by atoms with Gasteiger partial charge in [0.1, 0.15) is 0 Å². The standard InChI is InChI=1S/C18H31ClN4O2S/c1-5-20-17(21-10-7-11-23-26(4,24)25)22-14-18(2,3)13-15-8-6-9-16(19)12-15/h6,8-9,12,23H,5,7,10-11,13-14H2,1-4H3,(H2,20,21,22). The molecule has 0 aromatic heterocycles. The molecule has 1 rings (SSSR count). The molecule has 8 heteroatoms. The van der Waals surface area contributed by atoms with Crippen LogP contribution < -0.4 is 15.4 Å². The van der Waals surface area contributed by atoms with Crippen LogP contribution in [0.1, 0.15) is 32.8 Å². The first kappa shape index (κ1) is 22.7. The van der Waals surface area contributed by atoms with Crippen molar-refractivity contribution in [2.45, 2.75) is 33.6 Å². The molecule has 3 N–H and O–H groups in total. The second-order valence-electron chi connectivity index (χ2n) is 7.11. The van der Waals surface area contributed by atoms with E-state index >= 15 is 0 Å². The number of halogens is 1. The largest absolute Gasteiger partial charge is 0.357 e. The number of guanidine groups is 1. The van der Waals surface area contributed by atoms with Crippen molar-refractivity contribution in [3.8, 4) is 0 Å². The quantitative estimate of drug-likeness (QED) is 0.319. The molecule has 0 saturated heterocycles. The number of nitrogens with one attached hydrogen (secondary N) is 3. The van der Waals surface area contributed by atoms with E-state index in [1.165, 1.54) is 5.56 Å². The van der Waals surface area contributed by atoms with E-state index in [1.54, 1.807) is 0 Å². The molecule has 26 heavy (non-hydrogen) atoms. The van der Waals surface area contributed by atoms with Gasteiger partial charge in [0.25, 0.3) is 0 Å². The zero-order chi connectivity index (χ0) is 19.6. The van der Waals surface area contributed by atoms with Gasteiger partial charge in [-0.05, 0) is 42.9 Å². The summed E-state index contributed by atoms with van der Waals surface area (Å²) in [6.07, 6.45) is 2.73. The molecule has 1 aromatic rings. The molecular formula is C18H31ClN4O2S. The number of rotatable bonds is 10. The van der Waals surface area contributed by atoms with Crippen molar-refractivity contribution in [3.63, 3.8) is 0 Å². The van der Waals surface area contributed by atoms with Crippen molar-refractivity contribution < 1.29 is 8.42 Å². The molecule has 0 saturated carbocycles. The van der Waals surface area contributed by atoms with Gasteiger partial charge in [0, 0.05) is 31.2 Å². The van der Waals surface area contributed by atoms with Crippen LogP contribution >= 0.6 is 11.6 Å². The third kappa shape index (κ3) is 10.6. The number of hydrogen-bond donors (Lipinski definition) is 3. The van der Waals surface area contributed by atoms with Crippen molar-refractivity contribution in [3.05, 3.63) is 34.9 Å². The lowest BCUT2D eigenvalue weighted by Crippen LogP contribution is -2.39. The molecule has 0 radical (unpaired) electrons. The van der Waals surface area contributed by atoms with Gasteiger partial charge in [0.2, 0.25) is 10.0 Å². The van der Waals surface area contributed by atoms with Crippen molar-refractivity contribution in [2.75, 3.05) is 32.4 Å². The zero-order valence-electron chi connectivity index (χ0n) is 16.1. The first-order valence-electron chi connectivity index (χ1n) is 8.82. The molecule has 148 valence electrons. The number of sulfonamides is 1. The number of hydrogen-bond acceptors (Lipinski definition) is 3. The van der Waals surface area contributed by atoms with Crippen molar-refractivity contribution in [1.82, 2.24) is 15.4 Å². The van der Waals surface area contributed by atoms with E-state index in [-0.39, 0.29) is 5.41 Å². The highest BCUT2D eigenvalue weighted by Gasteiger charge is 2.18. The average Bonchev–Trinajstić information content (AvgIpc) is 2.50. The lowest BCUT2D eigenvalue weighted by Gasteiger charge is -2.23. The van der Waals surface area contributed by atoms with Crippen LogP contribution in [0, 0.1) is 5.41 Å². The Labute approximate surface area is 162 Å². The second kappa shape index (κ2) is 10.7. The van der Waals surface area contributed by atoms with Gasteiger partial charge in [0.05, 0.1) is 6.26 Å². The molecule has 0 aliphatic carbocycles. The van der Waals surface area contributed by atoms with Gasteiger partial charge in [-0.25, -0.2) is 13.1 Å².